The van der Waals surface area contributed by atoms with Crippen LogP contribution in [-0.4, -0.2) is 49.1 Å². The minimum Gasteiger partial charge on any atom is -0.489 e. The monoisotopic (exact) mass is 377 g/mol. The number of methoxy groups -OCH3 is 1. The third-order valence-corrected chi connectivity index (χ3v) is 3.43. The number of aromatic hydroxyl groups is 1. The molecule has 0 amide bonds. The maximum absolute atomic E-state index is 12.6. The smallest absolute Gasteiger partial charge is 0.356 e. The van der Waals surface area contributed by atoms with Gasteiger partial charge < -0.3 is 20.7 Å². The van der Waals surface area contributed by atoms with Crippen molar-refractivity contribution >= 4 is 17.6 Å². The van der Waals surface area contributed by atoms with Crippen LogP contribution in [0.15, 0.2) is 24.3 Å². The highest BCUT2D eigenvalue weighted by Crippen LogP contribution is 2.15. The molecule has 10 nitrogen and oxygen atoms in total. The van der Waals surface area contributed by atoms with E-state index in [4.69, 9.17) is 10.8 Å². The van der Waals surface area contributed by atoms with E-state index in [1.807, 2.05) is 0 Å². The number of ether oxygens (including phenoxy) is 1. The molecule has 0 fully saturated rings. The molecule has 0 aliphatic carbocycles. The van der Waals surface area contributed by atoms with Gasteiger partial charge in [0.1, 0.15) is 5.82 Å². The summed E-state index contributed by atoms with van der Waals surface area (Å²) in [7, 11) is 1.13. The van der Waals surface area contributed by atoms with Crippen LogP contribution < -0.4 is 5.73 Å². The summed E-state index contributed by atoms with van der Waals surface area (Å²) in [4.78, 5) is 25.8. The standard InChI is InChI=1S/C8H10FN.C8H6N4O5/c1-6-4-7(5-10)2-3-8(6)9;1-17-8(16)4-2-3(7(14)15)9-5-6(13)10-11-12(4)5/h2-4H,5,10H2,1H3;2,13H,1H3,(H,14,15). The maximum Gasteiger partial charge on any atom is 0.356 e. The minimum atomic E-state index is -1.35. The lowest BCUT2D eigenvalue weighted by molar-refractivity contribution is 0.0590. The van der Waals surface area contributed by atoms with Crippen molar-refractivity contribution in [3.63, 3.8) is 0 Å². The number of aryl methyl sites for hydroxylation is 1. The van der Waals surface area contributed by atoms with Gasteiger partial charge in [-0.1, -0.05) is 22.4 Å². The van der Waals surface area contributed by atoms with Gasteiger partial charge in [0.05, 0.1) is 7.11 Å². The summed E-state index contributed by atoms with van der Waals surface area (Å²) in [6.45, 7) is 2.20. The predicted octanol–water partition coefficient (Wildman–Crippen LogP) is 0.908. The first-order valence-electron chi connectivity index (χ1n) is 7.50. The molecule has 0 atom stereocenters. The number of nitrogens with two attached hydrogens (primary N) is 1. The molecule has 0 spiro atoms. The third-order valence-electron chi connectivity index (χ3n) is 3.43. The zero-order chi connectivity index (χ0) is 20.1. The molecule has 0 aliphatic heterocycles. The van der Waals surface area contributed by atoms with Crippen molar-refractivity contribution in [1.82, 2.24) is 19.8 Å². The van der Waals surface area contributed by atoms with E-state index < -0.39 is 23.5 Å². The number of benzene rings is 1. The van der Waals surface area contributed by atoms with Gasteiger partial charge in [-0.2, -0.15) is 4.52 Å². The van der Waals surface area contributed by atoms with E-state index in [1.54, 1.807) is 19.1 Å². The molecule has 3 rings (SSSR count). The molecule has 2 heterocycles. The maximum atomic E-state index is 12.6. The number of aromatic carboxylic acids is 1. The van der Waals surface area contributed by atoms with E-state index >= 15 is 0 Å². The number of nitrogens with zero attached hydrogens (tertiary/aromatic N) is 4. The fourth-order valence-corrected chi connectivity index (χ4v) is 2.06. The summed E-state index contributed by atoms with van der Waals surface area (Å²) in [6.07, 6.45) is 0. The molecule has 0 saturated carbocycles. The summed E-state index contributed by atoms with van der Waals surface area (Å²) in [5.41, 5.74) is 6.13. The predicted molar refractivity (Wildman–Crippen MR) is 89.8 cm³/mol. The summed E-state index contributed by atoms with van der Waals surface area (Å²) >= 11 is 0. The molecule has 0 aliphatic rings. The van der Waals surface area contributed by atoms with Gasteiger partial charge in [0.15, 0.2) is 11.4 Å². The van der Waals surface area contributed by atoms with Gasteiger partial charge in [0.2, 0.25) is 5.65 Å². The highest BCUT2D eigenvalue weighted by atomic mass is 19.1. The molecule has 27 heavy (non-hydrogen) atoms. The van der Waals surface area contributed by atoms with Gasteiger partial charge in [-0.05, 0) is 24.1 Å². The van der Waals surface area contributed by atoms with Gasteiger partial charge in [0, 0.05) is 12.6 Å². The van der Waals surface area contributed by atoms with E-state index in [0.29, 0.717) is 12.1 Å². The van der Waals surface area contributed by atoms with Crippen LogP contribution in [0.5, 0.6) is 5.88 Å². The van der Waals surface area contributed by atoms with Crippen molar-refractivity contribution in [3.05, 3.63) is 52.6 Å². The number of carbonyl (C=O) groups excluding carboxylic acids is 1. The molecular weight excluding hydrogens is 361 g/mol. The third kappa shape index (κ3) is 4.33. The van der Waals surface area contributed by atoms with Crippen LogP contribution in [0.4, 0.5) is 4.39 Å². The lowest BCUT2D eigenvalue weighted by Gasteiger charge is -2.02. The van der Waals surface area contributed by atoms with Crippen LogP contribution in [0.1, 0.15) is 32.1 Å². The second-order valence-corrected chi connectivity index (χ2v) is 5.26. The van der Waals surface area contributed by atoms with Crippen LogP contribution in [0.25, 0.3) is 5.65 Å². The van der Waals surface area contributed by atoms with Crippen LogP contribution in [0.2, 0.25) is 0 Å². The summed E-state index contributed by atoms with van der Waals surface area (Å²) in [5.74, 6) is -2.90. The first kappa shape index (κ1) is 19.7. The number of halogens is 1. The zero-order valence-electron chi connectivity index (χ0n) is 14.4. The Morgan fingerprint density at radius 3 is 2.59 bits per heavy atom. The molecule has 0 radical (unpaired) electrons. The van der Waals surface area contributed by atoms with E-state index in [1.165, 1.54) is 6.07 Å². The average molecular weight is 377 g/mol. The Bertz CT molecular complexity index is 1000. The highest BCUT2D eigenvalue weighted by molar-refractivity contribution is 5.93. The molecule has 0 bridgehead atoms. The largest absolute Gasteiger partial charge is 0.489 e. The Labute approximate surface area is 152 Å². The Kier molecular flexibility index (Phi) is 5.98. The molecule has 11 heteroatoms. The van der Waals surface area contributed by atoms with Gasteiger partial charge in [-0.3, -0.25) is 0 Å². The molecular formula is C16H16FN5O5. The van der Waals surface area contributed by atoms with E-state index in [2.05, 4.69) is 20.0 Å². The Morgan fingerprint density at radius 1 is 1.33 bits per heavy atom. The fourth-order valence-electron chi connectivity index (χ4n) is 2.06. The van der Waals surface area contributed by atoms with Crippen LogP contribution in [0.3, 0.4) is 0 Å². The summed E-state index contributed by atoms with van der Waals surface area (Å²) in [5, 5.41) is 24.8. The summed E-state index contributed by atoms with van der Waals surface area (Å²) in [6, 6.07) is 5.88. The number of esters is 1. The molecule has 3 aromatic rings. The SMILES string of the molecule is COC(=O)c1cc(C(=O)O)nc2c(O)nnn12.Cc1cc(CN)ccc1F. The quantitative estimate of drug-likeness (QED) is 0.565. The first-order chi connectivity index (χ1) is 12.8. The molecule has 1 aromatic carbocycles. The van der Waals surface area contributed by atoms with Crippen molar-refractivity contribution in [2.75, 3.05) is 7.11 Å². The molecule has 142 valence electrons. The van der Waals surface area contributed by atoms with E-state index in [0.717, 1.165) is 23.3 Å². The van der Waals surface area contributed by atoms with Gasteiger partial charge in [-0.15, -0.1) is 0 Å². The number of hydrogen-bond acceptors (Lipinski definition) is 8. The van der Waals surface area contributed by atoms with Crippen molar-refractivity contribution in [1.29, 1.82) is 0 Å². The highest BCUT2D eigenvalue weighted by Gasteiger charge is 2.20. The second-order valence-electron chi connectivity index (χ2n) is 5.26. The Hall–Kier alpha value is -3.60. The first-order valence-corrected chi connectivity index (χ1v) is 7.50. The van der Waals surface area contributed by atoms with Gasteiger partial charge in [0.25, 0.3) is 5.88 Å². The lowest BCUT2D eigenvalue weighted by atomic mass is 10.1. The molecule has 0 saturated heterocycles. The Balaban J connectivity index is 0.000000223. The second kappa shape index (κ2) is 8.19. The number of aromatic nitrogens is 4. The van der Waals surface area contributed by atoms with Crippen molar-refractivity contribution < 1.29 is 28.9 Å². The van der Waals surface area contributed by atoms with Crippen LogP contribution in [0, 0.1) is 12.7 Å². The Morgan fingerprint density at radius 2 is 2.04 bits per heavy atom. The van der Waals surface area contributed by atoms with Gasteiger partial charge >= 0.3 is 11.9 Å². The number of carbonyl (C=O) groups is 2. The minimum absolute atomic E-state index is 0.169. The lowest BCUT2D eigenvalue weighted by Crippen LogP contribution is -2.13. The van der Waals surface area contributed by atoms with Crippen LogP contribution in [-0.2, 0) is 11.3 Å². The normalized spacial score (nSPS) is 10.2. The van der Waals surface area contributed by atoms with E-state index in [-0.39, 0.29) is 17.2 Å². The summed E-state index contributed by atoms with van der Waals surface area (Å²) < 4.78 is 17.9. The molecule has 2 aromatic heterocycles. The number of hydrogen-bond donors (Lipinski definition) is 3. The zero-order valence-corrected chi connectivity index (χ0v) is 14.4. The number of fused-ring (bicyclic) bond motifs is 1. The van der Waals surface area contributed by atoms with Crippen LogP contribution >= 0.6 is 0 Å². The number of rotatable bonds is 3. The van der Waals surface area contributed by atoms with Crippen molar-refractivity contribution in [3.8, 4) is 5.88 Å². The molecule has 0 unspecified atom stereocenters. The number of carboxylic acids is 1. The number of carboxylic acid groups (broad SMARTS) is 1. The van der Waals surface area contributed by atoms with Gasteiger partial charge in [-0.25, -0.2) is 19.0 Å². The average Bonchev–Trinajstić information content (AvgIpc) is 3.04. The van der Waals surface area contributed by atoms with Crippen molar-refractivity contribution in [2.24, 2.45) is 5.73 Å². The van der Waals surface area contributed by atoms with E-state index in [9.17, 15) is 19.1 Å². The van der Waals surface area contributed by atoms with Crippen molar-refractivity contribution in [2.45, 2.75) is 13.5 Å². The molecule has 4 N–H and O–H groups in total. The fraction of sp³-hybridized carbons (Fsp3) is 0.188. The topological polar surface area (TPSA) is 153 Å².